The number of carbonyl (C=O) groups is 1. The van der Waals surface area contributed by atoms with Gasteiger partial charge in [0.2, 0.25) is 0 Å². The first-order chi connectivity index (χ1) is 14.3. The number of aromatic nitrogens is 3. The predicted molar refractivity (Wildman–Crippen MR) is 111 cm³/mol. The zero-order valence-electron chi connectivity index (χ0n) is 15.3. The van der Waals surface area contributed by atoms with Crippen LogP contribution in [0, 0.1) is 0 Å². The van der Waals surface area contributed by atoms with Crippen molar-refractivity contribution in [3.8, 4) is 22.5 Å². The number of pyridine rings is 2. The Morgan fingerprint density at radius 1 is 1.00 bits per heavy atom. The first-order valence-electron chi connectivity index (χ1n) is 9.10. The van der Waals surface area contributed by atoms with Crippen molar-refractivity contribution in [2.75, 3.05) is 5.32 Å². The number of rotatable bonds is 4. The van der Waals surface area contributed by atoms with Gasteiger partial charge < -0.3 is 14.1 Å². The Bertz CT molecular complexity index is 1280. The van der Waals surface area contributed by atoms with Gasteiger partial charge in [-0.2, -0.15) is 0 Å². The molecule has 1 amide bonds. The second-order valence-corrected chi connectivity index (χ2v) is 6.55. The molecular formula is C23H16N4O2. The van der Waals surface area contributed by atoms with Gasteiger partial charge in [0, 0.05) is 17.9 Å². The van der Waals surface area contributed by atoms with Crippen LogP contribution in [0.3, 0.4) is 0 Å². The lowest BCUT2D eigenvalue weighted by molar-refractivity contribution is 0.102. The second kappa shape index (κ2) is 7.09. The summed E-state index contributed by atoms with van der Waals surface area (Å²) in [4.78, 5) is 21.4. The van der Waals surface area contributed by atoms with E-state index in [4.69, 9.17) is 4.42 Å². The van der Waals surface area contributed by atoms with Crippen LogP contribution in [0.15, 0.2) is 96.3 Å². The number of fused-ring (bicyclic) bond motifs is 1. The SMILES string of the molecule is O=C(Nc1cccnc1)c1cc2ccc(-c3ccccc3)cn2c1-c1cocn1. The molecule has 6 nitrogen and oxygen atoms in total. The fourth-order valence-corrected chi connectivity index (χ4v) is 3.37. The Balaban J connectivity index is 1.66. The number of amides is 1. The Hall–Kier alpha value is -4.19. The molecule has 5 rings (SSSR count). The van der Waals surface area contributed by atoms with Crippen molar-refractivity contribution in [2.24, 2.45) is 0 Å². The smallest absolute Gasteiger partial charge is 0.257 e. The lowest BCUT2D eigenvalue weighted by Gasteiger charge is -2.07. The van der Waals surface area contributed by atoms with E-state index in [9.17, 15) is 4.79 Å². The molecule has 140 valence electrons. The van der Waals surface area contributed by atoms with Gasteiger partial charge in [0.1, 0.15) is 12.0 Å². The highest BCUT2D eigenvalue weighted by Crippen LogP contribution is 2.30. The van der Waals surface area contributed by atoms with Crippen molar-refractivity contribution < 1.29 is 9.21 Å². The summed E-state index contributed by atoms with van der Waals surface area (Å²) in [5.74, 6) is -0.235. The minimum Gasteiger partial charge on any atom is -0.451 e. The highest BCUT2D eigenvalue weighted by Gasteiger charge is 2.21. The predicted octanol–water partition coefficient (Wildman–Crippen LogP) is 4.91. The van der Waals surface area contributed by atoms with Crippen molar-refractivity contribution in [1.29, 1.82) is 0 Å². The van der Waals surface area contributed by atoms with Gasteiger partial charge in [-0.1, -0.05) is 36.4 Å². The van der Waals surface area contributed by atoms with Crippen LogP contribution in [-0.2, 0) is 0 Å². The van der Waals surface area contributed by atoms with E-state index in [2.05, 4.69) is 27.4 Å². The molecule has 0 aliphatic carbocycles. The van der Waals surface area contributed by atoms with Gasteiger partial charge in [-0.3, -0.25) is 9.78 Å². The monoisotopic (exact) mass is 380 g/mol. The van der Waals surface area contributed by atoms with Gasteiger partial charge in [-0.15, -0.1) is 0 Å². The number of carbonyl (C=O) groups excluding carboxylic acids is 1. The molecule has 0 fully saturated rings. The summed E-state index contributed by atoms with van der Waals surface area (Å²) in [5, 5.41) is 2.89. The third-order valence-corrected chi connectivity index (χ3v) is 4.71. The van der Waals surface area contributed by atoms with Crippen molar-refractivity contribution >= 4 is 17.1 Å². The van der Waals surface area contributed by atoms with Crippen LogP contribution < -0.4 is 5.32 Å². The van der Waals surface area contributed by atoms with Crippen molar-refractivity contribution in [2.45, 2.75) is 0 Å². The first kappa shape index (κ1) is 16.9. The average Bonchev–Trinajstić information content (AvgIpc) is 3.42. The highest BCUT2D eigenvalue weighted by atomic mass is 16.3. The zero-order valence-corrected chi connectivity index (χ0v) is 15.3. The van der Waals surface area contributed by atoms with Crippen LogP contribution in [0.5, 0.6) is 0 Å². The molecule has 0 spiro atoms. The normalized spacial score (nSPS) is 10.9. The third-order valence-electron chi connectivity index (χ3n) is 4.71. The summed E-state index contributed by atoms with van der Waals surface area (Å²) in [6.45, 7) is 0. The van der Waals surface area contributed by atoms with Gasteiger partial charge in [-0.25, -0.2) is 4.98 Å². The summed E-state index contributed by atoms with van der Waals surface area (Å²) in [6.07, 6.45) is 8.18. The molecule has 0 bridgehead atoms. The van der Waals surface area contributed by atoms with Crippen LogP contribution in [0.1, 0.15) is 10.4 Å². The quantitative estimate of drug-likeness (QED) is 0.481. The number of hydrogen-bond acceptors (Lipinski definition) is 4. The summed E-state index contributed by atoms with van der Waals surface area (Å²) >= 11 is 0. The standard InChI is InChI=1S/C23H16N4O2/c28-23(26-18-7-4-10-24-12-18)20-11-19-9-8-17(16-5-2-1-3-6-16)13-27(19)22(20)21-14-29-15-25-21/h1-15H,(H,26,28). The van der Waals surface area contributed by atoms with E-state index < -0.39 is 0 Å². The molecule has 0 aliphatic heterocycles. The molecule has 0 saturated heterocycles. The minimum absolute atomic E-state index is 0.235. The van der Waals surface area contributed by atoms with Crippen LogP contribution in [0.4, 0.5) is 5.69 Å². The molecule has 4 aromatic heterocycles. The number of anilines is 1. The van der Waals surface area contributed by atoms with E-state index in [1.54, 1.807) is 24.5 Å². The van der Waals surface area contributed by atoms with Crippen LogP contribution >= 0.6 is 0 Å². The number of nitrogens with one attached hydrogen (secondary N) is 1. The second-order valence-electron chi connectivity index (χ2n) is 6.55. The van der Waals surface area contributed by atoms with E-state index >= 15 is 0 Å². The number of benzene rings is 1. The van der Waals surface area contributed by atoms with E-state index in [0.717, 1.165) is 16.6 Å². The molecule has 29 heavy (non-hydrogen) atoms. The molecular weight excluding hydrogens is 364 g/mol. The third kappa shape index (κ3) is 3.17. The van der Waals surface area contributed by atoms with Gasteiger partial charge in [0.15, 0.2) is 6.39 Å². The molecule has 1 aromatic carbocycles. The molecule has 0 unspecified atom stereocenters. The highest BCUT2D eigenvalue weighted by molar-refractivity contribution is 6.09. The van der Waals surface area contributed by atoms with Crippen molar-refractivity contribution in [1.82, 2.24) is 14.4 Å². The van der Waals surface area contributed by atoms with Crippen molar-refractivity contribution in [3.63, 3.8) is 0 Å². The lowest BCUT2D eigenvalue weighted by Crippen LogP contribution is -2.12. The van der Waals surface area contributed by atoms with E-state index in [-0.39, 0.29) is 5.91 Å². The first-order valence-corrected chi connectivity index (χ1v) is 9.10. The zero-order chi connectivity index (χ0) is 19.6. The van der Waals surface area contributed by atoms with Crippen LogP contribution in [0.2, 0.25) is 0 Å². The van der Waals surface area contributed by atoms with E-state index in [1.165, 1.54) is 12.7 Å². The van der Waals surface area contributed by atoms with Gasteiger partial charge in [0.05, 0.1) is 23.1 Å². The van der Waals surface area contributed by atoms with Crippen molar-refractivity contribution in [3.05, 3.63) is 97.5 Å². The Kier molecular flexibility index (Phi) is 4.14. The Morgan fingerprint density at radius 3 is 2.66 bits per heavy atom. The molecule has 0 saturated carbocycles. The molecule has 0 aliphatic rings. The molecule has 4 heterocycles. The van der Waals surface area contributed by atoms with Gasteiger partial charge in [0.25, 0.3) is 5.91 Å². The molecule has 1 N–H and O–H groups in total. The minimum atomic E-state index is -0.235. The van der Waals surface area contributed by atoms with E-state index in [1.807, 2.05) is 47.0 Å². The maximum atomic E-state index is 13.0. The lowest BCUT2D eigenvalue weighted by atomic mass is 10.1. The Labute approximate surface area is 166 Å². The van der Waals surface area contributed by atoms with Gasteiger partial charge >= 0.3 is 0 Å². The average molecular weight is 380 g/mol. The maximum absolute atomic E-state index is 13.0. The summed E-state index contributed by atoms with van der Waals surface area (Å²) in [7, 11) is 0. The molecule has 6 heteroatoms. The van der Waals surface area contributed by atoms with E-state index in [0.29, 0.717) is 22.6 Å². The fraction of sp³-hybridized carbons (Fsp3) is 0. The number of nitrogens with zero attached hydrogens (tertiary/aromatic N) is 3. The fourth-order valence-electron chi connectivity index (χ4n) is 3.37. The topological polar surface area (TPSA) is 72.4 Å². The van der Waals surface area contributed by atoms with Crippen LogP contribution in [-0.4, -0.2) is 20.3 Å². The van der Waals surface area contributed by atoms with Gasteiger partial charge in [-0.05, 0) is 35.4 Å². The summed E-state index contributed by atoms with van der Waals surface area (Å²) in [5.41, 5.74) is 5.42. The maximum Gasteiger partial charge on any atom is 0.257 e. The van der Waals surface area contributed by atoms with Crippen LogP contribution in [0.25, 0.3) is 28.0 Å². The molecule has 0 atom stereocenters. The summed E-state index contributed by atoms with van der Waals surface area (Å²) in [6, 6.07) is 19.5. The Morgan fingerprint density at radius 2 is 1.90 bits per heavy atom. The summed E-state index contributed by atoms with van der Waals surface area (Å²) < 4.78 is 7.16. The molecule has 5 aromatic rings. The number of hydrogen-bond donors (Lipinski definition) is 1. The number of oxazole rings is 1. The molecule has 0 radical (unpaired) electrons. The largest absolute Gasteiger partial charge is 0.451 e.